The molecule has 0 aromatic carbocycles. The van der Waals surface area contributed by atoms with Crippen LogP contribution in [0.3, 0.4) is 0 Å². The van der Waals surface area contributed by atoms with Gasteiger partial charge in [0.1, 0.15) is 0 Å². The highest BCUT2D eigenvalue weighted by Crippen LogP contribution is 2.27. The number of piperidine rings is 1. The first-order chi connectivity index (χ1) is 11.8. The number of rotatable bonds is 5. The van der Waals surface area contributed by atoms with Crippen LogP contribution in [0.2, 0.25) is 0 Å². The van der Waals surface area contributed by atoms with E-state index in [-0.39, 0.29) is 29.8 Å². The van der Waals surface area contributed by atoms with Gasteiger partial charge in [0.2, 0.25) is 15.9 Å². The Hall–Kier alpha value is -0.670. The molecule has 2 saturated heterocycles. The van der Waals surface area contributed by atoms with E-state index in [1.165, 1.54) is 4.31 Å². The molecule has 144 valence electrons. The van der Waals surface area contributed by atoms with Gasteiger partial charge in [0.25, 0.3) is 0 Å². The van der Waals surface area contributed by atoms with Crippen LogP contribution >= 0.6 is 0 Å². The van der Waals surface area contributed by atoms with E-state index in [1.54, 1.807) is 0 Å². The maximum Gasteiger partial charge on any atom is 0.223 e. The zero-order valence-electron chi connectivity index (χ0n) is 14.5. The van der Waals surface area contributed by atoms with Crippen molar-refractivity contribution in [2.24, 2.45) is 11.8 Å². The van der Waals surface area contributed by atoms with E-state index in [4.69, 9.17) is 0 Å². The molecule has 1 unspecified atom stereocenters. The smallest absolute Gasteiger partial charge is 0.223 e. The quantitative estimate of drug-likeness (QED) is 0.735. The number of carbonyl (C=O) groups excluding carboxylic acids is 1. The van der Waals surface area contributed by atoms with E-state index in [2.05, 4.69) is 5.32 Å². The number of nitrogens with one attached hydrogen (secondary N) is 1. The monoisotopic (exact) mass is 392 g/mol. The van der Waals surface area contributed by atoms with Crippen molar-refractivity contribution in [2.75, 3.05) is 31.1 Å². The standard InChI is InChI=1S/C16H28N2O5S2/c19-16(14-3-1-2-4-14)17-11-13-5-8-18(9-6-13)25(22,23)15-7-10-24(20,21)12-15/h13-15H,1-12H2,(H,17,19). The highest BCUT2D eigenvalue weighted by Gasteiger charge is 2.41. The summed E-state index contributed by atoms with van der Waals surface area (Å²) in [5.41, 5.74) is 0. The molecule has 0 spiro atoms. The molecule has 1 N–H and O–H groups in total. The van der Waals surface area contributed by atoms with Gasteiger partial charge in [-0.15, -0.1) is 0 Å². The second-order valence-electron chi connectivity index (χ2n) is 7.64. The summed E-state index contributed by atoms with van der Waals surface area (Å²) in [5.74, 6) is 0.324. The van der Waals surface area contributed by atoms with Crippen LogP contribution in [0, 0.1) is 11.8 Å². The van der Waals surface area contributed by atoms with Gasteiger partial charge in [-0.3, -0.25) is 4.79 Å². The van der Waals surface area contributed by atoms with Gasteiger partial charge in [0, 0.05) is 25.6 Å². The fourth-order valence-electron chi connectivity index (χ4n) is 4.15. The molecule has 1 saturated carbocycles. The Morgan fingerprint density at radius 3 is 2.24 bits per heavy atom. The number of amides is 1. The molecule has 2 heterocycles. The van der Waals surface area contributed by atoms with Crippen LogP contribution in [-0.4, -0.2) is 63.4 Å². The summed E-state index contributed by atoms with van der Waals surface area (Å²) in [6.07, 6.45) is 5.85. The Bertz CT molecular complexity index is 690. The van der Waals surface area contributed by atoms with Gasteiger partial charge in [-0.05, 0) is 38.0 Å². The van der Waals surface area contributed by atoms with Gasteiger partial charge in [-0.1, -0.05) is 12.8 Å². The zero-order chi connectivity index (χ0) is 18.1. The summed E-state index contributed by atoms with van der Waals surface area (Å²) in [6.45, 7) is 1.45. The van der Waals surface area contributed by atoms with E-state index in [1.807, 2.05) is 0 Å². The number of sulfone groups is 1. The van der Waals surface area contributed by atoms with Gasteiger partial charge in [-0.2, -0.15) is 0 Å². The van der Waals surface area contributed by atoms with Crippen LogP contribution in [0.15, 0.2) is 0 Å². The van der Waals surface area contributed by atoms with E-state index >= 15 is 0 Å². The third-order valence-electron chi connectivity index (χ3n) is 5.84. The van der Waals surface area contributed by atoms with Gasteiger partial charge in [0.05, 0.1) is 16.8 Å². The highest BCUT2D eigenvalue weighted by molar-refractivity contribution is 7.95. The Morgan fingerprint density at radius 1 is 1.04 bits per heavy atom. The van der Waals surface area contributed by atoms with E-state index in [0.29, 0.717) is 38.4 Å². The summed E-state index contributed by atoms with van der Waals surface area (Å²) in [5, 5.41) is 2.25. The number of carbonyl (C=O) groups is 1. The molecule has 0 radical (unpaired) electrons. The lowest BCUT2D eigenvalue weighted by molar-refractivity contribution is -0.125. The molecule has 3 rings (SSSR count). The summed E-state index contributed by atoms with van der Waals surface area (Å²) in [7, 11) is -6.74. The summed E-state index contributed by atoms with van der Waals surface area (Å²) >= 11 is 0. The lowest BCUT2D eigenvalue weighted by Crippen LogP contribution is -2.45. The van der Waals surface area contributed by atoms with Crippen LogP contribution in [0.1, 0.15) is 44.9 Å². The summed E-state index contributed by atoms with van der Waals surface area (Å²) in [6, 6.07) is 0. The molecule has 3 fully saturated rings. The summed E-state index contributed by atoms with van der Waals surface area (Å²) in [4.78, 5) is 12.1. The Balaban J connectivity index is 1.46. The molecular formula is C16H28N2O5S2. The van der Waals surface area contributed by atoms with Crippen molar-refractivity contribution < 1.29 is 21.6 Å². The van der Waals surface area contributed by atoms with Crippen LogP contribution in [-0.2, 0) is 24.7 Å². The molecule has 0 aromatic rings. The first-order valence-corrected chi connectivity index (χ1v) is 12.6. The number of nitrogens with zero attached hydrogens (tertiary/aromatic N) is 1. The molecule has 0 bridgehead atoms. The lowest BCUT2D eigenvalue weighted by atomic mass is 9.97. The van der Waals surface area contributed by atoms with Crippen molar-refractivity contribution in [1.29, 1.82) is 0 Å². The minimum Gasteiger partial charge on any atom is -0.356 e. The van der Waals surface area contributed by atoms with Crippen LogP contribution in [0.5, 0.6) is 0 Å². The normalized spacial score (nSPS) is 29.0. The van der Waals surface area contributed by atoms with Crippen LogP contribution < -0.4 is 5.32 Å². The van der Waals surface area contributed by atoms with Crippen molar-refractivity contribution >= 4 is 25.8 Å². The topological polar surface area (TPSA) is 101 Å². The minimum absolute atomic E-state index is 0.0272. The van der Waals surface area contributed by atoms with Crippen molar-refractivity contribution in [3.8, 4) is 0 Å². The highest BCUT2D eigenvalue weighted by atomic mass is 32.2. The Kier molecular flexibility index (Phi) is 5.75. The molecule has 25 heavy (non-hydrogen) atoms. The minimum atomic E-state index is -3.53. The SMILES string of the molecule is O=C(NCC1CCN(S(=O)(=O)C2CCS(=O)(=O)C2)CC1)C1CCCC1. The average Bonchev–Trinajstić information content (AvgIpc) is 3.22. The number of hydrogen-bond acceptors (Lipinski definition) is 5. The fourth-order valence-corrected chi connectivity index (χ4v) is 8.71. The van der Waals surface area contributed by atoms with Gasteiger partial charge < -0.3 is 5.32 Å². The van der Waals surface area contributed by atoms with E-state index < -0.39 is 25.1 Å². The van der Waals surface area contributed by atoms with Crippen molar-refractivity contribution in [1.82, 2.24) is 9.62 Å². The zero-order valence-corrected chi connectivity index (χ0v) is 16.2. The molecule has 1 amide bonds. The second-order valence-corrected chi connectivity index (χ2v) is 12.1. The van der Waals surface area contributed by atoms with Gasteiger partial charge in [-0.25, -0.2) is 21.1 Å². The molecule has 7 nitrogen and oxygen atoms in total. The molecule has 3 aliphatic rings. The maximum absolute atomic E-state index is 12.6. The van der Waals surface area contributed by atoms with Gasteiger partial charge in [0.15, 0.2) is 9.84 Å². The molecular weight excluding hydrogens is 364 g/mol. The van der Waals surface area contributed by atoms with Gasteiger partial charge >= 0.3 is 0 Å². The Labute approximate surface area is 150 Å². The van der Waals surface area contributed by atoms with Crippen LogP contribution in [0.25, 0.3) is 0 Å². The molecule has 1 atom stereocenters. The Morgan fingerprint density at radius 2 is 1.68 bits per heavy atom. The fraction of sp³-hybridized carbons (Fsp3) is 0.938. The van der Waals surface area contributed by atoms with E-state index in [9.17, 15) is 21.6 Å². The first-order valence-electron chi connectivity index (χ1n) is 9.25. The molecule has 0 aromatic heterocycles. The van der Waals surface area contributed by atoms with Crippen LogP contribution in [0.4, 0.5) is 0 Å². The van der Waals surface area contributed by atoms with Crippen molar-refractivity contribution in [3.63, 3.8) is 0 Å². The molecule has 9 heteroatoms. The van der Waals surface area contributed by atoms with Crippen molar-refractivity contribution in [2.45, 2.75) is 50.2 Å². The second kappa shape index (κ2) is 7.52. The summed E-state index contributed by atoms with van der Waals surface area (Å²) < 4.78 is 49.8. The largest absolute Gasteiger partial charge is 0.356 e. The third-order valence-corrected chi connectivity index (χ3v) is 10.1. The van der Waals surface area contributed by atoms with E-state index in [0.717, 1.165) is 25.7 Å². The average molecular weight is 393 g/mol. The molecule has 2 aliphatic heterocycles. The predicted octanol–water partition coefficient (Wildman–Crippen LogP) is 0.522. The lowest BCUT2D eigenvalue weighted by Gasteiger charge is -2.33. The van der Waals surface area contributed by atoms with Crippen molar-refractivity contribution in [3.05, 3.63) is 0 Å². The predicted molar refractivity (Wildman–Crippen MR) is 95.2 cm³/mol. The first kappa shape index (κ1) is 19.1. The number of hydrogen-bond donors (Lipinski definition) is 1. The maximum atomic E-state index is 12.6. The number of sulfonamides is 1. The third kappa shape index (κ3) is 4.54. The molecule has 1 aliphatic carbocycles.